The van der Waals surface area contributed by atoms with Crippen molar-refractivity contribution in [3.63, 3.8) is 0 Å². The second-order valence-electron chi connectivity index (χ2n) is 3.46. The van der Waals surface area contributed by atoms with Gasteiger partial charge in [0.15, 0.2) is 0 Å². The molecule has 0 saturated heterocycles. The monoisotopic (exact) mass is 191 g/mol. The second-order valence-corrected chi connectivity index (χ2v) is 3.46. The zero-order valence-electron chi connectivity index (χ0n) is 8.47. The predicted molar refractivity (Wildman–Crippen MR) is 56.3 cm³/mol. The summed E-state index contributed by atoms with van der Waals surface area (Å²) < 4.78 is 13.5. The van der Waals surface area contributed by atoms with Gasteiger partial charge in [0, 0.05) is 18.2 Å². The molecule has 0 atom stereocenters. The zero-order chi connectivity index (χ0) is 10.6. The Balaban J connectivity index is 2.83. The maximum atomic E-state index is 13.5. The molecule has 1 nitrogen and oxygen atoms in total. The van der Waals surface area contributed by atoms with Crippen LogP contribution in [0.25, 0.3) is 0 Å². The first kappa shape index (κ1) is 10.7. The third-order valence-corrected chi connectivity index (χ3v) is 1.93. The van der Waals surface area contributed by atoms with Crippen molar-refractivity contribution in [3.05, 3.63) is 35.1 Å². The van der Waals surface area contributed by atoms with Crippen molar-refractivity contribution in [2.45, 2.75) is 26.4 Å². The van der Waals surface area contributed by atoms with Crippen LogP contribution in [-0.2, 0) is 6.54 Å². The van der Waals surface area contributed by atoms with Gasteiger partial charge in [-0.25, -0.2) is 4.39 Å². The normalized spacial score (nSPS) is 10.2. The van der Waals surface area contributed by atoms with Gasteiger partial charge in [-0.3, -0.25) is 0 Å². The van der Waals surface area contributed by atoms with E-state index in [1.54, 1.807) is 18.2 Å². The standard InChI is InChI=1S/C12H14FN/c1-4-10-6-5-7-11(12(10)13)8-14-9(2)3/h1,5-7,9,14H,8H2,2-3H3. The van der Waals surface area contributed by atoms with Crippen LogP contribution in [0.3, 0.4) is 0 Å². The van der Waals surface area contributed by atoms with Crippen LogP contribution in [0.15, 0.2) is 18.2 Å². The maximum Gasteiger partial charge on any atom is 0.143 e. The number of hydrogen-bond acceptors (Lipinski definition) is 1. The fourth-order valence-corrected chi connectivity index (χ4v) is 1.14. The Morgan fingerprint density at radius 2 is 2.21 bits per heavy atom. The minimum absolute atomic E-state index is 0.289. The Kier molecular flexibility index (Phi) is 3.67. The van der Waals surface area contributed by atoms with E-state index in [2.05, 4.69) is 11.2 Å². The van der Waals surface area contributed by atoms with Crippen molar-refractivity contribution >= 4 is 0 Å². The molecule has 0 saturated carbocycles. The number of terminal acetylenes is 1. The molecular weight excluding hydrogens is 177 g/mol. The molecule has 0 bridgehead atoms. The summed E-state index contributed by atoms with van der Waals surface area (Å²) in [5, 5.41) is 3.15. The summed E-state index contributed by atoms with van der Waals surface area (Å²) in [4.78, 5) is 0. The van der Waals surface area contributed by atoms with E-state index in [0.717, 1.165) is 0 Å². The van der Waals surface area contributed by atoms with Crippen LogP contribution >= 0.6 is 0 Å². The molecule has 0 aliphatic carbocycles. The predicted octanol–water partition coefficient (Wildman–Crippen LogP) is 2.31. The van der Waals surface area contributed by atoms with Gasteiger partial charge in [-0.1, -0.05) is 31.9 Å². The van der Waals surface area contributed by atoms with Crippen molar-refractivity contribution in [2.24, 2.45) is 0 Å². The highest BCUT2D eigenvalue weighted by Crippen LogP contribution is 2.11. The van der Waals surface area contributed by atoms with E-state index in [-0.39, 0.29) is 5.82 Å². The van der Waals surface area contributed by atoms with E-state index in [1.165, 1.54) is 0 Å². The van der Waals surface area contributed by atoms with Crippen LogP contribution in [0.2, 0.25) is 0 Å². The van der Waals surface area contributed by atoms with Crippen LogP contribution in [-0.4, -0.2) is 6.04 Å². The lowest BCUT2D eigenvalue weighted by Gasteiger charge is -2.09. The zero-order valence-corrected chi connectivity index (χ0v) is 8.47. The van der Waals surface area contributed by atoms with Gasteiger partial charge >= 0.3 is 0 Å². The molecule has 0 unspecified atom stereocenters. The molecule has 0 heterocycles. The van der Waals surface area contributed by atoms with E-state index >= 15 is 0 Å². The Labute approximate surface area is 84.3 Å². The van der Waals surface area contributed by atoms with Gasteiger partial charge in [0.1, 0.15) is 5.82 Å². The highest BCUT2D eigenvalue weighted by atomic mass is 19.1. The Morgan fingerprint density at radius 1 is 1.50 bits per heavy atom. The molecule has 0 radical (unpaired) electrons. The summed E-state index contributed by atoms with van der Waals surface area (Å²) in [5.74, 6) is 2.03. The first-order valence-corrected chi connectivity index (χ1v) is 4.62. The SMILES string of the molecule is C#Cc1cccc(CNC(C)C)c1F. The van der Waals surface area contributed by atoms with E-state index in [4.69, 9.17) is 6.42 Å². The van der Waals surface area contributed by atoms with Crippen LogP contribution < -0.4 is 5.32 Å². The van der Waals surface area contributed by atoms with E-state index < -0.39 is 0 Å². The average molecular weight is 191 g/mol. The molecule has 0 aromatic heterocycles. The lowest BCUT2D eigenvalue weighted by Crippen LogP contribution is -2.22. The van der Waals surface area contributed by atoms with Crippen molar-refractivity contribution in [2.75, 3.05) is 0 Å². The lowest BCUT2D eigenvalue weighted by molar-refractivity contribution is 0.552. The molecule has 0 spiro atoms. The van der Waals surface area contributed by atoms with Crippen LogP contribution in [0, 0.1) is 18.2 Å². The summed E-state index contributed by atoms with van der Waals surface area (Å²) in [6.45, 7) is 4.55. The van der Waals surface area contributed by atoms with Gasteiger partial charge in [0.2, 0.25) is 0 Å². The smallest absolute Gasteiger partial charge is 0.143 e. The van der Waals surface area contributed by atoms with Crippen molar-refractivity contribution in [1.82, 2.24) is 5.32 Å². The van der Waals surface area contributed by atoms with Crippen LogP contribution in [0.4, 0.5) is 4.39 Å². The number of nitrogens with one attached hydrogen (secondary N) is 1. The van der Waals surface area contributed by atoms with Crippen molar-refractivity contribution in [3.8, 4) is 12.3 Å². The summed E-state index contributed by atoms with van der Waals surface area (Å²) in [6.07, 6.45) is 5.17. The number of benzene rings is 1. The number of rotatable bonds is 3. The highest BCUT2D eigenvalue weighted by molar-refractivity contribution is 5.37. The first-order chi connectivity index (χ1) is 6.65. The molecule has 74 valence electrons. The molecule has 1 aromatic carbocycles. The topological polar surface area (TPSA) is 12.0 Å². The second kappa shape index (κ2) is 4.78. The molecule has 2 heteroatoms. The molecular formula is C12H14FN. The molecule has 0 amide bonds. The minimum atomic E-state index is -0.289. The van der Waals surface area contributed by atoms with Crippen molar-refractivity contribution in [1.29, 1.82) is 0 Å². The fourth-order valence-electron chi connectivity index (χ4n) is 1.14. The molecule has 0 aliphatic rings. The van der Waals surface area contributed by atoms with Crippen LogP contribution in [0.5, 0.6) is 0 Å². The third-order valence-electron chi connectivity index (χ3n) is 1.93. The minimum Gasteiger partial charge on any atom is -0.310 e. The number of hydrogen-bond donors (Lipinski definition) is 1. The fraction of sp³-hybridized carbons (Fsp3) is 0.333. The Bertz CT molecular complexity index is 350. The molecule has 1 aromatic rings. The van der Waals surface area contributed by atoms with Crippen molar-refractivity contribution < 1.29 is 4.39 Å². The third kappa shape index (κ3) is 2.58. The van der Waals surface area contributed by atoms with E-state index in [9.17, 15) is 4.39 Å². The Morgan fingerprint density at radius 3 is 2.79 bits per heavy atom. The molecule has 1 N–H and O–H groups in total. The van der Waals surface area contributed by atoms with Gasteiger partial charge in [-0.05, 0) is 6.07 Å². The molecule has 0 aliphatic heterocycles. The molecule has 14 heavy (non-hydrogen) atoms. The maximum absolute atomic E-state index is 13.5. The van der Waals surface area contributed by atoms with Gasteiger partial charge in [-0.2, -0.15) is 0 Å². The number of halogens is 1. The Hall–Kier alpha value is -1.33. The summed E-state index contributed by atoms with van der Waals surface area (Å²) >= 11 is 0. The quantitative estimate of drug-likeness (QED) is 0.723. The van der Waals surface area contributed by atoms with Crippen LogP contribution in [0.1, 0.15) is 25.0 Å². The molecule has 1 rings (SSSR count). The largest absolute Gasteiger partial charge is 0.310 e. The van der Waals surface area contributed by atoms with Gasteiger partial charge in [0.25, 0.3) is 0 Å². The summed E-state index contributed by atoms with van der Waals surface area (Å²) in [7, 11) is 0. The average Bonchev–Trinajstić information content (AvgIpc) is 2.16. The summed E-state index contributed by atoms with van der Waals surface area (Å²) in [5.41, 5.74) is 0.946. The van der Waals surface area contributed by atoms with Gasteiger partial charge < -0.3 is 5.32 Å². The van der Waals surface area contributed by atoms with E-state index in [1.807, 2.05) is 13.8 Å². The highest BCUT2D eigenvalue weighted by Gasteiger charge is 2.05. The van der Waals surface area contributed by atoms with Gasteiger partial charge in [0.05, 0.1) is 5.56 Å². The van der Waals surface area contributed by atoms with E-state index in [0.29, 0.717) is 23.7 Å². The first-order valence-electron chi connectivity index (χ1n) is 4.62. The van der Waals surface area contributed by atoms with Gasteiger partial charge in [-0.15, -0.1) is 6.42 Å². The summed E-state index contributed by atoms with van der Waals surface area (Å²) in [6, 6.07) is 5.46. The molecule has 0 fully saturated rings. The lowest BCUT2D eigenvalue weighted by atomic mass is 10.1.